The predicted molar refractivity (Wildman–Crippen MR) is 153 cm³/mol. The molecule has 0 aliphatic carbocycles. The topological polar surface area (TPSA) is 57.2 Å². The van der Waals surface area contributed by atoms with Gasteiger partial charge in [0.1, 0.15) is 29.6 Å². The minimum atomic E-state index is -0.0471. The Morgan fingerprint density at radius 2 is 1.50 bits per heavy atom. The number of nitrogens with zero attached hydrogens (tertiary/aromatic N) is 1. The maximum absolute atomic E-state index is 14.0. The number of likely N-dealkylation sites (tertiary alicyclic amines) is 1. The van der Waals surface area contributed by atoms with E-state index in [1.54, 1.807) is 32.7 Å². The van der Waals surface area contributed by atoms with Gasteiger partial charge in [-0.15, -0.1) is 11.3 Å². The summed E-state index contributed by atoms with van der Waals surface area (Å²) >= 11 is 1.55. The molecular weight excluding hydrogens is 498 g/mol. The fourth-order valence-electron chi connectivity index (χ4n) is 4.93. The summed E-state index contributed by atoms with van der Waals surface area (Å²) in [5.74, 6) is 2.81. The van der Waals surface area contributed by atoms with E-state index in [1.807, 2.05) is 60.7 Å². The Balaban J connectivity index is 1.45. The van der Waals surface area contributed by atoms with Crippen molar-refractivity contribution in [2.24, 2.45) is 0 Å². The molecule has 0 spiro atoms. The molecule has 7 heteroatoms. The lowest BCUT2D eigenvalue weighted by Crippen LogP contribution is -2.33. The van der Waals surface area contributed by atoms with E-state index < -0.39 is 0 Å². The van der Waals surface area contributed by atoms with Crippen molar-refractivity contribution in [2.45, 2.75) is 19.3 Å². The van der Waals surface area contributed by atoms with Gasteiger partial charge in [0, 0.05) is 39.4 Å². The lowest BCUT2D eigenvalue weighted by molar-refractivity contribution is 0.104. The Labute approximate surface area is 227 Å². The SMILES string of the molecule is COc1ccc(-c2sc3cc(OC)ccc3c2C(=O)c2ccc(OCCN3CCCCC3)cc2)c(OC)c1. The molecule has 0 bridgehead atoms. The van der Waals surface area contributed by atoms with Gasteiger partial charge in [-0.3, -0.25) is 9.69 Å². The summed E-state index contributed by atoms with van der Waals surface area (Å²) in [4.78, 5) is 17.3. The van der Waals surface area contributed by atoms with Crippen molar-refractivity contribution in [3.63, 3.8) is 0 Å². The van der Waals surface area contributed by atoms with E-state index in [2.05, 4.69) is 4.90 Å². The normalized spacial score (nSPS) is 13.9. The molecule has 5 rings (SSSR count). The second-order valence-electron chi connectivity index (χ2n) is 9.34. The van der Waals surface area contributed by atoms with Gasteiger partial charge in [-0.05, 0) is 80.5 Å². The van der Waals surface area contributed by atoms with Gasteiger partial charge in [0.25, 0.3) is 0 Å². The third-order valence-electron chi connectivity index (χ3n) is 7.02. The fourth-order valence-corrected chi connectivity index (χ4v) is 6.19. The second-order valence-corrected chi connectivity index (χ2v) is 10.4. The highest BCUT2D eigenvalue weighted by atomic mass is 32.1. The maximum atomic E-state index is 14.0. The van der Waals surface area contributed by atoms with E-state index in [9.17, 15) is 4.79 Å². The molecule has 1 fully saturated rings. The molecule has 0 atom stereocenters. The van der Waals surface area contributed by atoms with Crippen LogP contribution in [0.3, 0.4) is 0 Å². The third kappa shape index (κ3) is 5.49. The van der Waals surface area contributed by atoms with Gasteiger partial charge >= 0.3 is 0 Å². The number of methoxy groups -OCH3 is 3. The smallest absolute Gasteiger partial charge is 0.195 e. The third-order valence-corrected chi connectivity index (χ3v) is 8.20. The fraction of sp³-hybridized carbons (Fsp3) is 0.323. The van der Waals surface area contributed by atoms with Crippen LogP contribution in [0.15, 0.2) is 60.7 Å². The maximum Gasteiger partial charge on any atom is 0.195 e. The van der Waals surface area contributed by atoms with Crippen molar-refractivity contribution in [3.8, 4) is 33.4 Å². The van der Waals surface area contributed by atoms with Crippen molar-refractivity contribution in [3.05, 3.63) is 71.8 Å². The first-order chi connectivity index (χ1) is 18.6. The molecule has 0 saturated carbocycles. The molecule has 0 N–H and O–H groups in total. The highest BCUT2D eigenvalue weighted by Gasteiger charge is 2.24. The average molecular weight is 532 g/mol. The van der Waals surface area contributed by atoms with Crippen LogP contribution in [-0.4, -0.2) is 58.3 Å². The number of ether oxygens (including phenoxy) is 4. The molecule has 38 heavy (non-hydrogen) atoms. The number of carbonyl (C=O) groups is 1. The van der Waals surface area contributed by atoms with Gasteiger partial charge in [-0.2, -0.15) is 0 Å². The van der Waals surface area contributed by atoms with Gasteiger partial charge < -0.3 is 18.9 Å². The molecule has 198 valence electrons. The molecule has 1 aromatic heterocycles. The van der Waals surface area contributed by atoms with Crippen molar-refractivity contribution >= 4 is 27.2 Å². The minimum absolute atomic E-state index is 0.0471. The number of piperidine rings is 1. The number of fused-ring (bicyclic) bond motifs is 1. The van der Waals surface area contributed by atoms with Gasteiger partial charge in [0.2, 0.25) is 0 Å². The van der Waals surface area contributed by atoms with Crippen LogP contribution in [0.1, 0.15) is 35.2 Å². The second kappa shape index (κ2) is 11.9. The zero-order valence-electron chi connectivity index (χ0n) is 22.1. The van der Waals surface area contributed by atoms with Gasteiger partial charge in [0.15, 0.2) is 5.78 Å². The van der Waals surface area contributed by atoms with E-state index in [1.165, 1.54) is 19.3 Å². The first-order valence-electron chi connectivity index (χ1n) is 12.9. The summed E-state index contributed by atoms with van der Waals surface area (Å²) < 4.78 is 23.5. The monoisotopic (exact) mass is 531 g/mol. The Bertz CT molecular complexity index is 1410. The van der Waals surface area contributed by atoms with Crippen LogP contribution < -0.4 is 18.9 Å². The molecule has 2 heterocycles. The largest absolute Gasteiger partial charge is 0.497 e. The predicted octanol–water partition coefficient (Wildman–Crippen LogP) is 6.69. The Hall–Kier alpha value is -3.55. The summed E-state index contributed by atoms with van der Waals surface area (Å²) in [7, 11) is 4.89. The molecule has 3 aromatic carbocycles. The van der Waals surface area contributed by atoms with Crippen LogP contribution in [0, 0.1) is 0 Å². The van der Waals surface area contributed by atoms with Crippen molar-refractivity contribution < 1.29 is 23.7 Å². The molecule has 0 unspecified atom stereocenters. The number of hydrogen-bond donors (Lipinski definition) is 0. The first-order valence-corrected chi connectivity index (χ1v) is 13.8. The number of thiophene rings is 1. The summed E-state index contributed by atoms with van der Waals surface area (Å²) in [5, 5.41) is 0.885. The molecule has 4 aromatic rings. The van der Waals surface area contributed by atoms with E-state index in [-0.39, 0.29) is 5.78 Å². The van der Waals surface area contributed by atoms with E-state index in [4.69, 9.17) is 18.9 Å². The number of hydrogen-bond acceptors (Lipinski definition) is 7. The number of ketones is 1. The molecular formula is C31H33NO5S. The van der Waals surface area contributed by atoms with Crippen molar-refractivity contribution in [2.75, 3.05) is 47.6 Å². The van der Waals surface area contributed by atoms with Gasteiger partial charge in [-0.25, -0.2) is 0 Å². The number of rotatable bonds is 10. The average Bonchev–Trinajstić information content (AvgIpc) is 3.35. The van der Waals surface area contributed by atoms with Crippen LogP contribution in [0.25, 0.3) is 20.5 Å². The van der Waals surface area contributed by atoms with Gasteiger partial charge in [-0.1, -0.05) is 6.42 Å². The van der Waals surface area contributed by atoms with Crippen LogP contribution >= 0.6 is 11.3 Å². The van der Waals surface area contributed by atoms with Crippen LogP contribution in [0.4, 0.5) is 0 Å². The Morgan fingerprint density at radius 3 is 2.21 bits per heavy atom. The summed E-state index contributed by atoms with van der Waals surface area (Å²) in [6.07, 6.45) is 3.86. The molecule has 1 aliphatic rings. The van der Waals surface area contributed by atoms with E-state index in [0.29, 0.717) is 29.2 Å². The van der Waals surface area contributed by atoms with Gasteiger partial charge in [0.05, 0.1) is 26.2 Å². The minimum Gasteiger partial charge on any atom is -0.497 e. The number of benzene rings is 3. The van der Waals surface area contributed by atoms with Crippen LogP contribution in [0.5, 0.6) is 23.0 Å². The lowest BCUT2D eigenvalue weighted by Gasteiger charge is -2.26. The molecule has 6 nitrogen and oxygen atoms in total. The highest BCUT2D eigenvalue weighted by Crippen LogP contribution is 2.45. The van der Waals surface area contributed by atoms with Crippen LogP contribution in [-0.2, 0) is 0 Å². The summed E-state index contributed by atoms with van der Waals surface area (Å²) in [6, 6.07) is 18.9. The van der Waals surface area contributed by atoms with E-state index >= 15 is 0 Å². The van der Waals surface area contributed by atoms with E-state index in [0.717, 1.165) is 51.7 Å². The summed E-state index contributed by atoms with van der Waals surface area (Å²) in [5.41, 5.74) is 2.10. The van der Waals surface area contributed by atoms with Crippen molar-refractivity contribution in [1.82, 2.24) is 4.90 Å². The molecule has 0 amide bonds. The lowest BCUT2D eigenvalue weighted by atomic mass is 9.97. The molecule has 1 saturated heterocycles. The Kier molecular flexibility index (Phi) is 8.15. The first kappa shape index (κ1) is 26.1. The molecule has 0 radical (unpaired) electrons. The summed E-state index contributed by atoms with van der Waals surface area (Å²) in [6.45, 7) is 3.88. The standard InChI is InChI=1S/C31H33NO5S/c1-34-23-11-13-25(27(19-23)36-3)31-29(26-14-12-24(35-2)20-28(26)38-31)30(33)21-7-9-22(10-8-21)37-18-17-32-15-5-4-6-16-32/h7-14,19-20H,4-6,15-18H2,1-3H3. The molecule has 1 aliphatic heterocycles. The van der Waals surface area contributed by atoms with Crippen molar-refractivity contribution in [1.29, 1.82) is 0 Å². The highest BCUT2D eigenvalue weighted by molar-refractivity contribution is 7.22. The Morgan fingerprint density at radius 1 is 0.816 bits per heavy atom. The van der Waals surface area contributed by atoms with Crippen LogP contribution in [0.2, 0.25) is 0 Å². The zero-order valence-corrected chi connectivity index (χ0v) is 22.9. The quantitative estimate of drug-likeness (QED) is 0.213. The zero-order chi connectivity index (χ0) is 26.5. The number of carbonyl (C=O) groups excluding carboxylic acids is 1.